The Kier molecular flexibility index (Phi) is 12.9. The molecular formula is C35H60N6O4SSi2. The van der Waals surface area contributed by atoms with Crippen molar-refractivity contribution >= 4 is 45.0 Å². The highest BCUT2D eigenvalue weighted by molar-refractivity contribution is 7.15. The van der Waals surface area contributed by atoms with Gasteiger partial charge in [0.25, 0.3) is 0 Å². The molecule has 10 nitrogen and oxygen atoms in total. The third-order valence-electron chi connectivity index (χ3n) is 8.18. The van der Waals surface area contributed by atoms with Crippen molar-refractivity contribution in [1.29, 1.82) is 0 Å². The zero-order chi connectivity index (χ0) is 35.3. The van der Waals surface area contributed by atoms with E-state index in [4.69, 9.17) is 29.3 Å². The third kappa shape index (κ3) is 11.6. The topological polar surface area (TPSA) is 94.3 Å². The van der Waals surface area contributed by atoms with Gasteiger partial charge >= 0.3 is 6.09 Å². The van der Waals surface area contributed by atoms with Gasteiger partial charge in [-0.3, -0.25) is 0 Å². The molecule has 1 fully saturated rings. The van der Waals surface area contributed by atoms with E-state index in [-0.39, 0.29) is 12.0 Å². The lowest BCUT2D eigenvalue weighted by Gasteiger charge is -2.34. The molecule has 1 aliphatic rings. The summed E-state index contributed by atoms with van der Waals surface area (Å²) in [6.07, 6.45) is 6.35. The van der Waals surface area contributed by atoms with Gasteiger partial charge in [0.05, 0.1) is 27.3 Å². The normalized spacial score (nSPS) is 16.2. The molecule has 268 valence electrons. The summed E-state index contributed by atoms with van der Waals surface area (Å²) in [6.45, 7) is 27.8. The molecule has 13 heteroatoms. The molecule has 1 unspecified atom stereocenters. The Morgan fingerprint density at radius 2 is 1.69 bits per heavy atom. The molecule has 0 aliphatic carbocycles. The molecule has 1 atom stereocenters. The van der Waals surface area contributed by atoms with Gasteiger partial charge in [-0.2, -0.15) is 9.61 Å². The van der Waals surface area contributed by atoms with Gasteiger partial charge in [0.1, 0.15) is 24.9 Å². The first-order chi connectivity index (χ1) is 22.4. The van der Waals surface area contributed by atoms with Crippen molar-refractivity contribution < 1.29 is 19.0 Å². The predicted molar refractivity (Wildman–Crippen MR) is 203 cm³/mol. The van der Waals surface area contributed by atoms with E-state index in [1.54, 1.807) is 11.3 Å². The Labute approximate surface area is 294 Å². The van der Waals surface area contributed by atoms with E-state index >= 15 is 0 Å². The van der Waals surface area contributed by atoms with Crippen LogP contribution in [-0.2, 0) is 20.6 Å². The van der Waals surface area contributed by atoms with Crippen LogP contribution in [0, 0.1) is 5.92 Å². The smallest absolute Gasteiger partial charge is 0.410 e. The second-order valence-corrected chi connectivity index (χ2v) is 29.4. The lowest BCUT2D eigenvalue weighted by Crippen LogP contribution is -2.42. The molecule has 0 radical (unpaired) electrons. The summed E-state index contributed by atoms with van der Waals surface area (Å²) in [4.78, 5) is 28.2. The van der Waals surface area contributed by atoms with E-state index < -0.39 is 21.7 Å². The van der Waals surface area contributed by atoms with Gasteiger partial charge in [0.15, 0.2) is 5.65 Å². The molecule has 1 aliphatic heterocycles. The van der Waals surface area contributed by atoms with E-state index in [0.717, 1.165) is 64.0 Å². The molecule has 3 aromatic heterocycles. The van der Waals surface area contributed by atoms with Crippen LogP contribution in [0.3, 0.4) is 0 Å². The van der Waals surface area contributed by atoms with E-state index in [1.807, 2.05) is 42.6 Å². The number of ether oxygens (including phenoxy) is 3. The number of thiazole rings is 1. The minimum Gasteiger partial charge on any atom is -0.444 e. The summed E-state index contributed by atoms with van der Waals surface area (Å²) < 4.78 is 20.4. The maximum absolute atomic E-state index is 13.1. The highest BCUT2D eigenvalue weighted by Crippen LogP contribution is 2.35. The maximum atomic E-state index is 13.1. The van der Waals surface area contributed by atoms with Gasteiger partial charge in [0.2, 0.25) is 0 Å². The van der Waals surface area contributed by atoms with Crippen molar-refractivity contribution in [3.8, 4) is 10.4 Å². The van der Waals surface area contributed by atoms with Gasteiger partial charge in [0, 0.05) is 67.1 Å². The third-order valence-corrected chi connectivity index (χ3v) is 12.6. The van der Waals surface area contributed by atoms with E-state index in [1.165, 1.54) is 0 Å². The Bertz CT molecular complexity index is 1470. The maximum Gasteiger partial charge on any atom is 0.410 e. The van der Waals surface area contributed by atoms with E-state index in [9.17, 15) is 4.79 Å². The zero-order valence-electron chi connectivity index (χ0n) is 31.4. The van der Waals surface area contributed by atoms with Crippen LogP contribution < -0.4 is 4.90 Å². The largest absolute Gasteiger partial charge is 0.444 e. The molecule has 1 saturated heterocycles. The van der Waals surface area contributed by atoms with Crippen molar-refractivity contribution in [3.63, 3.8) is 0 Å². The number of amides is 1. The fourth-order valence-electron chi connectivity index (χ4n) is 5.44. The number of nitrogens with zero attached hydrogens (tertiary/aromatic N) is 6. The number of anilines is 1. The zero-order valence-corrected chi connectivity index (χ0v) is 34.2. The molecule has 4 rings (SSSR count). The molecule has 1 amide bonds. The molecule has 0 spiro atoms. The lowest BCUT2D eigenvalue weighted by atomic mass is 9.94. The number of carbonyl (C=O) groups is 1. The van der Waals surface area contributed by atoms with Crippen molar-refractivity contribution in [2.24, 2.45) is 5.92 Å². The van der Waals surface area contributed by atoms with Crippen LogP contribution in [0.1, 0.15) is 64.1 Å². The first kappa shape index (κ1) is 38.5. The van der Waals surface area contributed by atoms with Gasteiger partial charge in [-0.25, -0.2) is 14.8 Å². The van der Waals surface area contributed by atoms with Crippen LogP contribution in [0.2, 0.25) is 51.4 Å². The van der Waals surface area contributed by atoms with Crippen molar-refractivity contribution in [2.45, 2.75) is 117 Å². The summed E-state index contributed by atoms with van der Waals surface area (Å²) in [5.74, 6) is 1.46. The average Bonchev–Trinajstić information content (AvgIpc) is 3.60. The average molecular weight is 717 g/mol. The summed E-state index contributed by atoms with van der Waals surface area (Å²) in [5, 5.41) is 6.02. The minimum absolute atomic E-state index is 0.0539. The SMILES string of the molecule is CC(C)Cc1ncc(-c2cnn3c(N(COCC[Si](C)(C)C)COCC[Si](C)(C)C)cc(C4CCCN(C(=O)OC(C)(C)C)C4)nc23)s1. The van der Waals surface area contributed by atoms with Crippen LogP contribution in [0.4, 0.5) is 10.6 Å². The number of hydrogen-bond acceptors (Lipinski definition) is 9. The van der Waals surface area contributed by atoms with Crippen molar-refractivity contribution in [2.75, 3.05) is 44.7 Å². The number of hydrogen-bond donors (Lipinski definition) is 0. The number of fused-ring (bicyclic) bond motifs is 1. The molecule has 0 saturated carbocycles. The lowest BCUT2D eigenvalue weighted by molar-refractivity contribution is 0.0197. The second-order valence-electron chi connectivity index (χ2n) is 17.1. The minimum atomic E-state index is -1.25. The second kappa shape index (κ2) is 16.1. The molecule has 0 bridgehead atoms. The molecule has 0 aromatic carbocycles. The van der Waals surface area contributed by atoms with Gasteiger partial charge in [-0.1, -0.05) is 53.1 Å². The number of carbonyl (C=O) groups excluding carboxylic acids is 1. The number of likely N-dealkylation sites (tertiary alicyclic amines) is 1. The Hall–Kier alpha value is -2.33. The molecule has 3 aromatic rings. The van der Waals surface area contributed by atoms with Crippen LogP contribution in [0.15, 0.2) is 18.5 Å². The Morgan fingerprint density at radius 3 is 2.27 bits per heavy atom. The number of aromatic nitrogens is 4. The summed E-state index contributed by atoms with van der Waals surface area (Å²) >= 11 is 1.71. The van der Waals surface area contributed by atoms with Gasteiger partial charge in [-0.15, -0.1) is 11.3 Å². The van der Waals surface area contributed by atoms with Crippen LogP contribution in [-0.4, -0.2) is 92.1 Å². The Morgan fingerprint density at radius 1 is 1.04 bits per heavy atom. The quantitative estimate of drug-likeness (QED) is 0.0877. The fraction of sp³-hybridized carbons (Fsp3) is 0.714. The van der Waals surface area contributed by atoms with Gasteiger partial charge in [-0.05, 0) is 51.6 Å². The van der Waals surface area contributed by atoms with Crippen LogP contribution in [0.25, 0.3) is 16.1 Å². The first-order valence-corrected chi connectivity index (χ1v) is 25.8. The predicted octanol–water partition coefficient (Wildman–Crippen LogP) is 8.60. The summed E-state index contributed by atoms with van der Waals surface area (Å²) in [5.41, 5.74) is 2.14. The highest BCUT2D eigenvalue weighted by atomic mass is 32.1. The summed E-state index contributed by atoms with van der Waals surface area (Å²) in [7, 11) is -2.51. The number of rotatable bonds is 15. The van der Waals surface area contributed by atoms with E-state index in [0.29, 0.717) is 45.7 Å². The molecule has 0 N–H and O–H groups in total. The first-order valence-electron chi connectivity index (χ1n) is 17.6. The van der Waals surface area contributed by atoms with E-state index in [2.05, 4.69) is 64.1 Å². The number of piperidine rings is 1. The molecule has 48 heavy (non-hydrogen) atoms. The van der Waals surface area contributed by atoms with Crippen LogP contribution >= 0.6 is 11.3 Å². The fourth-order valence-corrected chi connectivity index (χ4v) is 8.09. The Balaban J connectivity index is 1.73. The van der Waals surface area contributed by atoms with Crippen molar-refractivity contribution in [1.82, 2.24) is 24.5 Å². The molecule has 4 heterocycles. The highest BCUT2D eigenvalue weighted by Gasteiger charge is 2.31. The van der Waals surface area contributed by atoms with Crippen LogP contribution in [0.5, 0.6) is 0 Å². The van der Waals surface area contributed by atoms with Gasteiger partial charge < -0.3 is 24.0 Å². The monoisotopic (exact) mass is 716 g/mol. The standard InChI is InChI=1S/C35H60N6O4SSi2/c1-26(2)19-31-36-22-30(46-31)28-21-37-41-32(40(24-43-15-17-47(6,7)8)25-44-16-18-48(9,10)11)20-29(38-33(28)41)27-13-12-14-39(23-27)34(42)45-35(3,4)5/h20-22,26-27H,12-19,23-25H2,1-11H3. The molecular weight excluding hydrogens is 657 g/mol. The summed E-state index contributed by atoms with van der Waals surface area (Å²) in [6, 6.07) is 4.31. The van der Waals surface area contributed by atoms with Crippen molar-refractivity contribution in [3.05, 3.63) is 29.2 Å².